The number of methoxy groups -OCH3 is 2. The Morgan fingerprint density at radius 1 is 1.14 bits per heavy atom. The Kier molecular flexibility index (Phi) is 5.52. The third-order valence-electron chi connectivity index (χ3n) is 3.13. The molecule has 0 fully saturated rings. The van der Waals surface area contributed by atoms with Crippen molar-refractivity contribution in [3.05, 3.63) is 57.6 Å². The van der Waals surface area contributed by atoms with Crippen molar-refractivity contribution in [2.75, 3.05) is 14.2 Å². The lowest BCUT2D eigenvalue weighted by atomic mass is 10.1. The lowest BCUT2D eigenvalue weighted by molar-refractivity contribution is 0.0951. The van der Waals surface area contributed by atoms with E-state index < -0.39 is 0 Å². The predicted octanol–water partition coefficient (Wildman–Crippen LogP) is 3.94. The molecule has 116 valence electrons. The molecule has 2 aromatic carbocycles. The van der Waals surface area contributed by atoms with E-state index in [-0.39, 0.29) is 10.9 Å². The van der Waals surface area contributed by atoms with Gasteiger partial charge in [-0.2, -0.15) is 0 Å². The van der Waals surface area contributed by atoms with E-state index in [1.54, 1.807) is 44.6 Å². The normalized spacial score (nSPS) is 10.2. The summed E-state index contributed by atoms with van der Waals surface area (Å²) in [6.07, 6.45) is 0. The Balaban J connectivity index is 2.13. The maximum atomic E-state index is 12.2. The van der Waals surface area contributed by atoms with E-state index in [2.05, 4.69) is 5.32 Å². The predicted molar refractivity (Wildman–Crippen MR) is 87.2 cm³/mol. The van der Waals surface area contributed by atoms with E-state index in [1.165, 1.54) is 0 Å². The van der Waals surface area contributed by atoms with E-state index in [0.29, 0.717) is 28.6 Å². The van der Waals surface area contributed by atoms with Crippen LogP contribution in [-0.4, -0.2) is 20.1 Å². The summed E-state index contributed by atoms with van der Waals surface area (Å²) in [6, 6.07) is 10.3. The van der Waals surface area contributed by atoms with Crippen molar-refractivity contribution < 1.29 is 14.3 Å². The van der Waals surface area contributed by atoms with Gasteiger partial charge in [0.25, 0.3) is 5.91 Å². The van der Waals surface area contributed by atoms with Crippen LogP contribution in [0.2, 0.25) is 10.0 Å². The maximum Gasteiger partial charge on any atom is 0.253 e. The molecule has 0 radical (unpaired) electrons. The first kappa shape index (κ1) is 16.5. The molecule has 0 aliphatic rings. The van der Waals surface area contributed by atoms with E-state index in [4.69, 9.17) is 32.7 Å². The number of carbonyl (C=O) groups is 1. The Bertz CT molecular complexity index is 689. The van der Waals surface area contributed by atoms with Crippen molar-refractivity contribution in [2.24, 2.45) is 0 Å². The molecule has 0 heterocycles. The first-order valence-corrected chi connectivity index (χ1v) is 7.25. The zero-order valence-corrected chi connectivity index (χ0v) is 13.7. The van der Waals surface area contributed by atoms with Crippen molar-refractivity contribution in [1.82, 2.24) is 5.32 Å². The molecular weight excluding hydrogens is 325 g/mol. The highest BCUT2D eigenvalue weighted by Gasteiger charge is 2.13. The third-order valence-corrected chi connectivity index (χ3v) is 3.95. The van der Waals surface area contributed by atoms with E-state index in [1.807, 2.05) is 6.07 Å². The fraction of sp³-hybridized carbons (Fsp3) is 0.188. The minimum atomic E-state index is -0.301. The molecule has 1 N–H and O–H groups in total. The summed E-state index contributed by atoms with van der Waals surface area (Å²) >= 11 is 11.9. The summed E-state index contributed by atoms with van der Waals surface area (Å²) < 4.78 is 10.4. The second-order valence-corrected chi connectivity index (χ2v) is 5.25. The van der Waals surface area contributed by atoms with Gasteiger partial charge in [0.1, 0.15) is 11.5 Å². The lowest BCUT2D eigenvalue weighted by Crippen LogP contribution is -2.23. The number of nitrogens with one attached hydrogen (secondary N) is 1. The molecule has 4 nitrogen and oxygen atoms in total. The number of ether oxygens (including phenoxy) is 2. The van der Waals surface area contributed by atoms with E-state index in [0.717, 1.165) is 5.56 Å². The van der Waals surface area contributed by atoms with Gasteiger partial charge in [-0.3, -0.25) is 4.79 Å². The maximum absolute atomic E-state index is 12.2. The molecule has 6 heteroatoms. The second kappa shape index (κ2) is 7.38. The minimum absolute atomic E-state index is 0.239. The SMILES string of the molecule is COc1ccc(CNC(=O)c2cccc(Cl)c2Cl)c(OC)c1. The van der Waals surface area contributed by atoms with Crippen molar-refractivity contribution >= 4 is 29.1 Å². The monoisotopic (exact) mass is 339 g/mol. The molecule has 0 aliphatic heterocycles. The summed E-state index contributed by atoms with van der Waals surface area (Å²) in [6.45, 7) is 0.300. The molecule has 0 aliphatic carbocycles. The molecule has 22 heavy (non-hydrogen) atoms. The number of hydrogen-bond donors (Lipinski definition) is 1. The summed E-state index contributed by atoms with van der Waals surface area (Å²) in [4.78, 5) is 12.2. The first-order chi connectivity index (χ1) is 10.6. The molecule has 0 unspecified atom stereocenters. The van der Waals surface area contributed by atoms with Gasteiger partial charge in [-0.15, -0.1) is 0 Å². The van der Waals surface area contributed by atoms with Crippen molar-refractivity contribution in [3.8, 4) is 11.5 Å². The Hall–Kier alpha value is -1.91. The van der Waals surface area contributed by atoms with Crippen LogP contribution >= 0.6 is 23.2 Å². The summed E-state index contributed by atoms with van der Waals surface area (Å²) in [5.74, 6) is 1.02. The molecule has 0 spiro atoms. The van der Waals surface area contributed by atoms with Gasteiger partial charge in [0, 0.05) is 18.2 Å². The fourth-order valence-electron chi connectivity index (χ4n) is 1.95. The van der Waals surface area contributed by atoms with Crippen molar-refractivity contribution in [1.29, 1.82) is 0 Å². The minimum Gasteiger partial charge on any atom is -0.497 e. The Labute approximate surface area is 138 Å². The average molecular weight is 340 g/mol. The molecule has 2 rings (SSSR count). The average Bonchev–Trinajstić information content (AvgIpc) is 2.54. The van der Waals surface area contributed by atoms with Gasteiger partial charge in [0.15, 0.2) is 0 Å². The van der Waals surface area contributed by atoms with Crippen LogP contribution in [0.15, 0.2) is 36.4 Å². The molecule has 0 bridgehead atoms. The van der Waals surface area contributed by atoms with Gasteiger partial charge in [-0.25, -0.2) is 0 Å². The van der Waals surface area contributed by atoms with Gasteiger partial charge in [-0.05, 0) is 24.3 Å². The summed E-state index contributed by atoms with van der Waals surface area (Å²) in [7, 11) is 3.14. The lowest BCUT2D eigenvalue weighted by Gasteiger charge is -2.12. The van der Waals surface area contributed by atoms with Crippen LogP contribution in [0.5, 0.6) is 11.5 Å². The third kappa shape index (κ3) is 3.64. The summed E-state index contributed by atoms with van der Waals surface area (Å²) in [5.41, 5.74) is 1.16. The first-order valence-electron chi connectivity index (χ1n) is 6.50. The van der Waals surface area contributed by atoms with Crippen LogP contribution in [0.4, 0.5) is 0 Å². The number of amides is 1. The van der Waals surface area contributed by atoms with Crippen LogP contribution in [0.3, 0.4) is 0 Å². The molecule has 0 saturated carbocycles. The highest BCUT2D eigenvalue weighted by molar-refractivity contribution is 6.43. The number of benzene rings is 2. The fourth-order valence-corrected chi connectivity index (χ4v) is 2.33. The molecule has 0 atom stereocenters. The van der Waals surface area contributed by atoms with Crippen LogP contribution in [-0.2, 0) is 6.54 Å². The zero-order valence-electron chi connectivity index (χ0n) is 12.2. The van der Waals surface area contributed by atoms with Crippen LogP contribution in [0, 0.1) is 0 Å². The number of carbonyl (C=O) groups excluding carboxylic acids is 1. The van der Waals surface area contributed by atoms with Crippen LogP contribution in [0.1, 0.15) is 15.9 Å². The van der Waals surface area contributed by atoms with Gasteiger partial charge in [0.05, 0.1) is 29.8 Å². The number of rotatable bonds is 5. The van der Waals surface area contributed by atoms with Crippen molar-refractivity contribution in [2.45, 2.75) is 6.54 Å². The highest BCUT2D eigenvalue weighted by Crippen LogP contribution is 2.26. The van der Waals surface area contributed by atoms with Crippen molar-refractivity contribution in [3.63, 3.8) is 0 Å². The topological polar surface area (TPSA) is 47.6 Å². The van der Waals surface area contributed by atoms with Crippen LogP contribution in [0.25, 0.3) is 0 Å². The Morgan fingerprint density at radius 3 is 2.59 bits per heavy atom. The molecular formula is C16H15Cl2NO3. The zero-order chi connectivity index (χ0) is 16.1. The summed E-state index contributed by atoms with van der Waals surface area (Å²) in [5, 5.41) is 3.38. The number of hydrogen-bond acceptors (Lipinski definition) is 3. The standard InChI is InChI=1S/C16H15Cl2NO3/c1-21-11-7-6-10(14(8-11)22-2)9-19-16(20)12-4-3-5-13(17)15(12)18/h3-8H,9H2,1-2H3,(H,19,20). The van der Waals surface area contributed by atoms with Crippen LogP contribution < -0.4 is 14.8 Å². The Morgan fingerprint density at radius 2 is 1.91 bits per heavy atom. The highest BCUT2D eigenvalue weighted by atomic mass is 35.5. The van der Waals surface area contributed by atoms with Gasteiger partial charge in [0.2, 0.25) is 0 Å². The largest absolute Gasteiger partial charge is 0.497 e. The van der Waals surface area contributed by atoms with E-state index >= 15 is 0 Å². The molecule has 0 saturated heterocycles. The quantitative estimate of drug-likeness (QED) is 0.897. The van der Waals surface area contributed by atoms with Gasteiger partial charge >= 0.3 is 0 Å². The van der Waals surface area contributed by atoms with Gasteiger partial charge in [-0.1, -0.05) is 29.3 Å². The smallest absolute Gasteiger partial charge is 0.253 e. The number of halogens is 2. The molecule has 2 aromatic rings. The molecule has 0 aromatic heterocycles. The van der Waals surface area contributed by atoms with E-state index in [9.17, 15) is 4.79 Å². The van der Waals surface area contributed by atoms with Gasteiger partial charge < -0.3 is 14.8 Å². The second-order valence-electron chi connectivity index (χ2n) is 4.46. The molecule has 1 amide bonds.